The van der Waals surface area contributed by atoms with E-state index in [4.69, 9.17) is 0 Å². The van der Waals surface area contributed by atoms with Gasteiger partial charge in [-0.25, -0.2) is 0 Å². The van der Waals surface area contributed by atoms with Gasteiger partial charge in [0.2, 0.25) is 11.8 Å². The molecule has 1 aromatic rings. The molecular formula is C22H30N2O2. The molecular weight excluding hydrogens is 324 g/mol. The van der Waals surface area contributed by atoms with Gasteiger partial charge >= 0.3 is 0 Å². The summed E-state index contributed by atoms with van der Waals surface area (Å²) in [5, 5.41) is 3.13. The van der Waals surface area contributed by atoms with E-state index in [0.717, 1.165) is 43.4 Å². The molecule has 1 aliphatic heterocycles. The zero-order chi connectivity index (χ0) is 18.7. The summed E-state index contributed by atoms with van der Waals surface area (Å²) in [7, 11) is 0. The van der Waals surface area contributed by atoms with Crippen LogP contribution in [0.5, 0.6) is 0 Å². The second kappa shape index (κ2) is 7.65. The van der Waals surface area contributed by atoms with Crippen LogP contribution in [-0.2, 0) is 9.59 Å². The SMILES string of the molecule is CC(=O)N1[C@H](c2ccccc2)CCC(C)(C)[C@H]1C(=O)NC1=CCCCC1. The number of piperidine rings is 1. The minimum absolute atomic E-state index is 0.0376. The first-order chi connectivity index (χ1) is 12.4. The molecule has 0 bridgehead atoms. The van der Waals surface area contributed by atoms with Gasteiger partial charge in [-0.1, -0.05) is 50.3 Å². The number of nitrogens with zero attached hydrogens (tertiary/aromatic N) is 1. The van der Waals surface area contributed by atoms with Crippen LogP contribution in [0.2, 0.25) is 0 Å². The maximum absolute atomic E-state index is 13.2. The van der Waals surface area contributed by atoms with Crippen molar-refractivity contribution in [3.05, 3.63) is 47.7 Å². The van der Waals surface area contributed by atoms with E-state index in [1.165, 1.54) is 6.42 Å². The Hall–Kier alpha value is -2.10. The topological polar surface area (TPSA) is 49.4 Å². The number of hydrogen-bond donors (Lipinski definition) is 1. The smallest absolute Gasteiger partial charge is 0.247 e. The van der Waals surface area contributed by atoms with Crippen LogP contribution in [0.4, 0.5) is 0 Å². The van der Waals surface area contributed by atoms with Gasteiger partial charge in [0.15, 0.2) is 0 Å². The lowest BCUT2D eigenvalue weighted by molar-refractivity contribution is -0.151. The first-order valence-corrected chi connectivity index (χ1v) is 9.74. The van der Waals surface area contributed by atoms with Crippen molar-refractivity contribution in [2.75, 3.05) is 0 Å². The Balaban J connectivity index is 1.91. The Morgan fingerprint density at radius 3 is 2.50 bits per heavy atom. The van der Waals surface area contributed by atoms with Gasteiger partial charge in [-0.15, -0.1) is 0 Å². The predicted octanol–water partition coefficient (Wildman–Crippen LogP) is 4.34. The van der Waals surface area contributed by atoms with Gasteiger partial charge in [0.05, 0.1) is 6.04 Å². The molecule has 1 N–H and O–H groups in total. The number of likely N-dealkylation sites (tertiary alicyclic amines) is 1. The fraction of sp³-hybridized carbons (Fsp3) is 0.545. The van der Waals surface area contributed by atoms with Crippen LogP contribution in [0.3, 0.4) is 0 Å². The van der Waals surface area contributed by atoms with Crippen LogP contribution in [0, 0.1) is 5.41 Å². The van der Waals surface area contributed by atoms with E-state index in [1.807, 2.05) is 23.1 Å². The average molecular weight is 354 g/mol. The molecule has 1 fully saturated rings. The Bertz CT molecular complexity index is 693. The number of rotatable bonds is 3. The van der Waals surface area contributed by atoms with Gasteiger partial charge in [-0.2, -0.15) is 0 Å². The summed E-state index contributed by atoms with van der Waals surface area (Å²) in [4.78, 5) is 27.7. The van der Waals surface area contributed by atoms with E-state index in [1.54, 1.807) is 6.92 Å². The van der Waals surface area contributed by atoms with E-state index in [2.05, 4.69) is 37.4 Å². The van der Waals surface area contributed by atoms with Crippen molar-refractivity contribution in [2.24, 2.45) is 5.41 Å². The Morgan fingerprint density at radius 1 is 1.15 bits per heavy atom. The molecule has 0 spiro atoms. The first-order valence-electron chi connectivity index (χ1n) is 9.74. The number of carbonyl (C=O) groups is 2. The van der Waals surface area contributed by atoms with Crippen molar-refractivity contribution < 1.29 is 9.59 Å². The van der Waals surface area contributed by atoms with E-state index in [-0.39, 0.29) is 23.3 Å². The van der Waals surface area contributed by atoms with Gasteiger partial charge in [0.25, 0.3) is 0 Å². The highest BCUT2D eigenvalue weighted by molar-refractivity contribution is 5.89. The fourth-order valence-corrected chi connectivity index (χ4v) is 4.40. The lowest BCUT2D eigenvalue weighted by Gasteiger charge is -2.49. The standard InChI is InChI=1S/C22H30N2O2/c1-16(25)24-19(17-10-6-4-7-11-17)14-15-22(2,3)20(24)21(26)23-18-12-8-5-9-13-18/h4,6-7,10-12,19-20H,5,8-9,13-15H2,1-3H3,(H,23,26)/t19-,20+/m0/s1. The summed E-state index contributed by atoms with van der Waals surface area (Å²) in [6, 6.07) is 9.58. The largest absolute Gasteiger partial charge is 0.328 e. The van der Waals surface area contributed by atoms with Gasteiger partial charge in [-0.3, -0.25) is 9.59 Å². The van der Waals surface area contributed by atoms with Gasteiger partial charge in [-0.05, 0) is 49.5 Å². The average Bonchev–Trinajstić information content (AvgIpc) is 2.62. The molecule has 0 aromatic heterocycles. The van der Waals surface area contributed by atoms with Crippen molar-refractivity contribution in [3.8, 4) is 0 Å². The molecule has 1 saturated heterocycles. The van der Waals surface area contributed by atoms with Crippen molar-refractivity contribution in [3.63, 3.8) is 0 Å². The van der Waals surface area contributed by atoms with Crippen LogP contribution >= 0.6 is 0 Å². The third-order valence-electron chi connectivity index (χ3n) is 5.79. The number of allylic oxidation sites excluding steroid dienone is 2. The van der Waals surface area contributed by atoms with E-state index in [0.29, 0.717) is 0 Å². The summed E-state index contributed by atoms with van der Waals surface area (Å²) in [6.45, 7) is 5.78. The molecule has 0 saturated carbocycles. The second-order valence-electron chi connectivity index (χ2n) is 8.25. The lowest BCUT2D eigenvalue weighted by Crippen LogP contribution is -2.59. The number of amides is 2. The third-order valence-corrected chi connectivity index (χ3v) is 5.79. The Labute approximate surface area is 156 Å². The molecule has 1 heterocycles. The minimum Gasteiger partial charge on any atom is -0.328 e. The highest BCUT2D eigenvalue weighted by atomic mass is 16.2. The molecule has 2 aliphatic rings. The van der Waals surface area contributed by atoms with Crippen molar-refractivity contribution >= 4 is 11.8 Å². The maximum Gasteiger partial charge on any atom is 0.247 e. The highest BCUT2D eigenvalue weighted by Crippen LogP contribution is 2.44. The maximum atomic E-state index is 13.2. The molecule has 1 aliphatic carbocycles. The summed E-state index contributed by atoms with van der Waals surface area (Å²) in [5.74, 6) is -0.0802. The van der Waals surface area contributed by atoms with E-state index < -0.39 is 6.04 Å². The summed E-state index contributed by atoms with van der Waals surface area (Å²) >= 11 is 0. The quantitative estimate of drug-likeness (QED) is 0.878. The van der Waals surface area contributed by atoms with E-state index in [9.17, 15) is 9.59 Å². The normalized spacial score (nSPS) is 25.3. The number of hydrogen-bond acceptors (Lipinski definition) is 2. The minimum atomic E-state index is -0.457. The first kappa shape index (κ1) is 18.7. The monoisotopic (exact) mass is 354 g/mol. The summed E-state index contributed by atoms with van der Waals surface area (Å²) in [6.07, 6.45) is 8.15. The van der Waals surface area contributed by atoms with Crippen LogP contribution in [0.1, 0.15) is 70.9 Å². The van der Waals surface area contributed by atoms with Crippen molar-refractivity contribution in [1.29, 1.82) is 0 Å². The molecule has 4 heteroatoms. The zero-order valence-electron chi connectivity index (χ0n) is 16.1. The summed E-state index contributed by atoms with van der Waals surface area (Å²) < 4.78 is 0. The molecule has 1 aromatic carbocycles. The molecule has 140 valence electrons. The Kier molecular flexibility index (Phi) is 5.49. The molecule has 0 unspecified atom stereocenters. The number of benzene rings is 1. The Morgan fingerprint density at radius 2 is 1.88 bits per heavy atom. The molecule has 3 rings (SSSR count). The van der Waals surface area contributed by atoms with Gasteiger partial charge in [0, 0.05) is 12.6 Å². The number of carbonyl (C=O) groups excluding carboxylic acids is 2. The zero-order valence-corrected chi connectivity index (χ0v) is 16.1. The highest BCUT2D eigenvalue weighted by Gasteiger charge is 2.47. The van der Waals surface area contributed by atoms with Crippen LogP contribution in [0.15, 0.2) is 42.1 Å². The molecule has 2 amide bonds. The third kappa shape index (κ3) is 3.84. The van der Waals surface area contributed by atoms with Crippen molar-refractivity contribution in [1.82, 2.24) is 10.2 Å². The van der Waals surface area contributed by atoms with Crippen LogP contribution in [-0.4, -0.2) is 22.8 Å². The fourth-order valence-electron chi connectivity index (χ4n) is 4.40. The molecule has 0 radical (unpaired) electrons. The van der Waals surface area contributed by atoms with Gasteiger partial charge < -0.3 is 10.2 Å². The van der Waals surface area contributed by atoms with Crippen molar-refractivity contribution in [2.45, 2.75) is 71.4 Å². The lowest BCUT2D eigenvalue weighted by atomic mass is 9.72. The van der Waals surface area contributed by atoms with Gasteiger partial charge in [0.1, 0.15) is 6.04 Å². The molecule has 26 heavy (non-hydrogen) atoms. The molecule has 4 nitrogen and oxygen atoms in total. The van der Waals surface area contributed by atoms with E-state index >= 15 is 0 Å². The van der Waals surface area contributed by atoms with Crippen LogP contribution < -0.4 is 5.32 Å². The molecule has 2 atom stereocenters. The predicted molar refractivity (Wildman–Crippen MR) is 103 cm³/mol. The summed E-state index contributed by atoms with van der Waals surface area (Å²) in [5.41, 5.74) is 1.87. The number of nitrogens with one attached hydrogen (secondary N) is 1. The second-order valence-corrected chi connectivity index (χ2v) is 8.25. The van der Waals surface area contributed by atoms with Crippen LogP contribution in [0.25, 0.3) is 0 Å².